The molecule has 2 aliphatic heterocycles. The van der Waals surface area contributed by atoms with Gasteiger partial charge in [0.15, 0.2) is 0 Å². The molecule has 1 fully saturated rings. The fourth-order valence-electron chi connectivity index (χ4n) is 3.73. The molecular formula is C19H23N9O6S2. The molecule has 2 aromatic rings. The minimum atomic E-state index is -1.17. The quantitative estimate of drug-likeness (QED) is 0.111. The Labute approximate surface area is 212 Å². The average molecular weight is 538 g/mol. The highest BCUT2D eigenvalue weighted by Gasteiger charge is 2.53. The van der Waals surface area contributed by atoms with Crippen LogP contribution in [0.4, 0.5) is 5.95 Å². The SMILES string of the molecule is CCOC(=O)C(Cc1cnc(NC2C(=O)N3C(C(=O)O)=C(CSc4nnnn4C)CS[C@H]23)[nH]1)NC=O. The van der Waals surface area contributed by atoms with Crippen molar-refractivity contribution in [2.24, 2.45) is 7.05 Å². The predicted octanol–water partition coefficient (Wildman–Crippen LogP) is -1.02. The molecule has 0 saturated carbocycles. The van der Waals surface area contributed by atoms with Gasteiger partial charge in [-0.25, -0.2) is 19.3 Å². The second-order valence-electron chi connectivity index (χ2n) is 7.71. The summed E-state index contributed by atoms with van der Waals surface area (Å²) in [4.78, 5) is 56.3. The third-order valence-corrected chi connectivity index (χ3v) is 7.83. The Morgan fingerprint density at radius 2 is 2.28 bits per heavy atom. The van der Waals surface area contributed by atoms with E-state index in [0.29, 0.717) is 34.3 Å². The van der Waals surface area contributed by atoms with E-state index in [9.17, 15) is 24.3 Å². The Morgan fingerprint density at radius 1 is 1.47 bits per heavy atom. The molecule has 2 aliphatic rings. The Bertz CT molecular complexity index is 1200. The highest BCUT2D eigenvalue weighted by atomic mass is 32.2. The van der Waals surface area contributed by atoms with Crippen molar-refractivity contribution in [3.05, 3.63) is 23.2 Å². The summed E-state index contributed by atoms with van der Waals surface area (Å²) in [5.41, 5.74) is 1.12. The maximum absolute atomic E-state index is 12.9. The van der Waals surface area contributed by atoms with Gasteiger partial charge in [0.25, 0.3) is 5.91 Å². The number of thioether (sulfide) groups is 2. The zero-order valence-corrected chi connectivity index (χ0v) is 20.8. The minimum absolute atomic E-state index is 0.0261. The number of nitrogens with one attached hydrogen (secondary N) is 3. The topological polar surface area (TPSA) is 197 Å². The largest absolute Gasteiger partial charge is 0.477 e. The summed E-state index contributed by atoms with van der Waals surface area (Å²) in [5, 5.41) is 26.6. The van der Waals surface area contributed by atoms with Crippen molar-refractivity contribution in [1.82, 2.24) is 40.4 Å². The number of aromatic nitrogens is 6. The molecular weight excluding hydrogens is 514 g/mol. The van der Waals surface area contributed by atoms with Crippen molar-refractivity contribution in [2.45, 2.75) is 36.0 Å². The number of hydrogen-bond donors (Lipinski definition) is 4. The molecule has 2 aromatic heterocycles. The highest BCUT2D eigenvalue weighted by molar-refractivity contribution is 8.01. The summed E-state index contributed by atoms with van der Waals surface area (Å²) in [7, 11) is 1.69. The van der Waals surface area contributed by atoms with E-state index < -0.39 is 35.3 Å². The van der Waals surface area contributed by atoms with E-state index >= 15 is 0 Å². The lowest BCUT2D eigenvalue weighted by Gasteiger charge is -2.49. The van der Waals surface area contributed by atoms with Gasteiger partial charge in [0.2, 0.25) is 17.5 Å². The number of anilines is 1. The number of esters is 1. The van der Waals surface area contributed by atoms with Crippen LogP contribution in [0.25, 0.3) is 0 Å². The predicted molar refractivity (Wildman–Crippen MR) is 127 cm³/mol. The number of rotatable bonds is 12. The van der Waals surface area contributed by atoms with Gasteiger partial charge < -0.3 is 25.5 Å². The molecule has 3 atom stereocenters. The van der Waals surface area contributed by atoms with Gasteiger partial charge in [-0.1, -0.05) is 11.8 Å². The van der Waals surface area contributed by atoms with Crippen LogP contribution in [0.1, 0.15) is 12.6 Å². The van der Waals surface area contributed by atoms with Gasteiger partial charge in [-0.05, 0) is 22.9 Å². The smallest absolute Gasteiger partial charge is 0.352 e. The van der Waals surface area contributed by atoms with Crippen LogP contribution in [0.2, 0.25) is 0 Å². The number of hydrogen-bond acceptors (Lipinski definition) is 12. The van der Waals surface area contributed by atoms with E-state index in [1.54, 1.807) is 14.0 Å². The molecule has 192 valence electrons. The molecule has 0 radical (unpaired) electrons. The standard InChI is InChI=1S/C19H23N9O6S2/c1-3-34-17(33)11(21-8-29)4-10-5-20-18(22-10)23-12-14(30)28-13(16(31)32)9(6-35-15(12)28)7-36-19-24-25-26-27(19)2/h5,8,11-12,15H,3-4,6-7H2,1-2H3,(H,21,29)(H,31,32)(H2,20,22,23)/t11?,12?,15-/m1/s1. The van der Waals surface area contributed by atoms with Crippen LogP contribution < -0.4 is 10.6 Å². The van der Waals surface area contributed by atoms with Crippen molar-refractivity contribution in [3.8, 4) is 0 Å². The summed E-state index contributed by atoms with van der Waals surface area (Å²) in [6, 6.07) is -1.57. The lowest BCUT2D eigenvalue weighted by atomic mass is 10.0. The summed E-state index contributed by atoms with van der Waals surface area (Å²) >= 11 is 2.74. The van der Waals surface area contributed by atoms with Gasteiger partial charge in [0.05, 0.1) is 12.8 Å². The molecule has 4 N–H and O–H groups in total. The first-order chi connectivity index (χ1) is 17.3. The number of carboxylic acid groups (broad SMARTS) is 1. The van der Waals surface area contributed by atoms with Gasteiger partial charge in [0.1, 0.15) is 23.2 Å². The fourth-order valence-corrected chi connectivity index (χ4v) is 6.06. The van der Waals surface area contributed by atoms with E-state index in [4.69, 9.17) is 4.74 Å². The number of H-pyrrole nitrogens is 1. The van der Waals surface area contributed by atoms with Gasteiger partial charge in [0, 0.05) is 30.7 Å². The van der Waals surface area contributed by atoms with Crippen LogP contribution >= 0.6 is 23.5 Å². The van der Waals surface area contributed by atoms with Crippen LogP contribution in [-0.2, 0) is 37.4 Å². The molecule has 15 nitrogen and oxygen atoms in total. The van der Waals surface area contributed by atoms with Crippen molar-refractivity contribution in [1.29, 1.82) is 0 Å². The number of aliphatic carboxylic acids is 1. The molecule has 0 spiro atoms. The number of ether oxygens (including phenoxy) is 1. The Hall–Kier alpha value is -3.60. The third kappa shape index (κ3) is 5.15. The lowest BCUT2D eigenvalue weighted by Crippen LogP contribution is -2.67. The first kappa shape index (κ1) is 25.5. The van der Waals surface area contributed by atoms with Crippen LogP contribution in [0.15, 0.2) is 22.6 Å². The monoisotopic (exact) mass is 537 g/mol. The lowest BCUT2D eigenvalue weighted by molar-refractivity contribution is -0.147. The molecule has 4 heterocycles. The Morgan fingerprint density at radius 3 is 2.94 bits per heavy atom. The third-order valence-electron chi connectivity index (χ3n) is 5.39. The number of fused-ring (bicyclic) bond motifs is 1. The summed E-state index contributed by atoms with van der Waals surface area (Å²) < 4.78 is 6.44. The van der Waals surface area contributed by atoms with Crippen LogP contribution in [-0.4, -0.2) is 100 Å². The molecule has 2 amide bonds. The fraction of sp³-hybridized carbons (Fsp3) is 0.474. The highest BCUT2D eigenvalue weighted by Crippen LogP contribution is 2.42. The summed E-state index contributed by atoms with van der Waals surface area (Å²) in [6.07, 6.45) is 2.02. The van der Waals surface area contributed by atoms with E-state index in [0.717, 1.165) is 0 Å². The molecule has 0 aromatic carbocycles. The maximum atomic E-state index is 12.9. The number of aromatic amines is 1. The van der Waals surface area contributed by atoms with Crippen molar-refractivity contribution >= 4 is 53.7 Å². The van der Waals surface area contributed by atoms with E-state index in [2.05, 4.69) is 36.1 Å². The normalized spacial score (nSPS) is 19.8. The van der Waals surface area contributed by atoms with Crippen molar-refractivity contribution < 1.29 is 29.0 Å². The number of carbonyl (C=O) groups is 4. The average Bonchev–Trinajstić information content (AvgIpc) is 3.48. The first-order valence-corrected chi connectivity index (χ1v) is 12.8. The van der Waals surface area contributed by atoms with Gasteiger partial charge in [-0.2, -0.15) is 0 Å². The van der Waals surface area contributed by atoms with E-state index in [1.165, 1.54) is 39.3 Å². The molecule has 4 rings (SSSR count). The molecule has 1 saturated heterocycles. The van der Waals surface area contributed by atoms with Crippen molar-refractivity contribution in [2.75, 3.05) is 23.4 Å². The minimum Gasteiger partial charge on any atom is -0.477 e. The van der Waals surface area contributed by atoms with Crippen LogP contribution in [0, 0.1) is 0 Å². The zero-order chi connectivity index (χ0) is 25.8. The number of β-lactam (4-membered cyclic amide) rings is 1. The number of imidazole rings is 1. The number of tetrazole rings is 1. The molecule has 0 aliphatic carbocycles. The number of carboxylic acids is 1. The van der Waals surface area contributed by atoms with Gasteiger partial charge in [-0.3, -0.25) is 14.5 Å². The maximum Gasteiger partial charge on any atom is 0.352 e. The second kappa shape index (κ2) is 11.0. The van der Waals surface area contributed by atoms with Gasteiger partial charge >= 0.3 is 11.9 Å². The van der Waals surface area contributed by atoms with Crippen LogP contribution in [0.5, 0.6) is 0 Å². The second-order valence-corrected chi connectivity index (χ2v) is 9.76. The summed E-state index contributed by atoms with van der Waals surface area (Å²) in [6.45, 7) is 1.84. The van der Waals surface area contributed by atoms with E-state index in [1.807, 2.05) is 0 Å². The molecule has 36 heavy (non-hydrogen) atoms. The van der Waals surface area contributed by atoms with Crippen molar-refractivity contribution in [3.63, 3.8) is 0 Å². The number of aryl methyl sites for hydroxylation is 1. The molecule has 0 bridgehead atoms. The first-order valence-electron chi connectivity index (χ1n) is 10.8. The Balaban J connectivity index is 1.41. The van der Waals surface area contributed by atoms with Gasteiger partial charge in [-0.15, -0.1) is 16.9 Å². The number of nitrogens with zero attached hydrogens (tertiary/aromatic N) is 6. The number of carbonyl (C=O) groups excluding carboxylic acids is 3. The summed E-state index contributed by atoms with van der Waals surface area (Å²) in [5.74, 6) is -1.10. The number of amides is 2. The van der Waals surface area contributed by atoms with E-state index in [-0.39, 0.29) is 24.7 Å². The molecule has 2 unspecified atom stereocenters. The zero-order valence-electron chi connectivity index (χ0n) is 19.2. The molecule has 17 heteroatoms. The Kier molecular flexibility index (Phi) is 7.78. The van der Waals surface area contributed by atoms with Crippen LogP contribution in [0.3, 0.4) is 0 Å².